The van der Waals surface area contributed by atoms with Crippen LogP contribution in [-0.2, 0) is 19.2 Å². The van der Waals surface area contributed by atoms with E-state index in [1.807, 2.05) is 0 Å². The molecule has 0 aromatic heterocycles. The van der Waals surface area contributed by atoms with E-state index in [0.29, 0.717) is 12.8 Å². The highest BCUT2D eigenvalue weighted by atomic mass is 16.4. The lowest BCUT2D eigenvalue weighted by Gasteiger charge is -2.21. The number of carbonyl (C=O) groups excluding carboxylic acids is 3. The van der Waals surface area contributed by atoms with Crippen LogP contribution >= 0.6 is 0 Å². The van der Waals surface area contributed by atoms with E-state index in [-0.39, 0.29) is 38.0 Å². The van der Waals surface area contributed by atoms with Gasteiger partial charge in [-0.15, -0.1) is 0 Å². The molecule has 0 aliphatic heterocycles. The minimum Gasteiger partial charge on any atom is -0.478 e. The molecule has 0 rings (SSSR count). The molecular formula is C44H83N3O5. The van der Waals surface area contributed by atoms with Crippen molar-refractivity contribution in [1.82, 2.24) is 15.5 Å². The molecule has 0 aliphatic carbocycles. The molecule has 0 fully saturated rings. The summed E-state index contributed by atoms with van der Waals surface area (Å²) in [6, 6.07) is 0. The number of carboxylic acids is 1. The van der Waals surface area contributed by atoms with E-state index in [0.717, 1.165) is 50.7 Å². The standard InChI is InChI=1S/C44H83N3O5/c1-3-5-7-9-11-13-15-17-19-21-23-25-27-29-31-33-41(48)45-37-39-47(43(50)35-36-44(51)52)40-38-46-42(49)34-32-30-28-26-24-22-20-18-16-14-12-10-8-6-4-2/h35-36H,3-34,37-40H2,1-2H3,(H,45,48)(H,46,49)(H,51,52). The fourth-order valence-corrected chi connectivity index (χ4v) is 6.73. The number of nitrogens with one attached hydrogen (secondary N) is 2. The Morgan fingerprint density at radius 2 is 0.692 bits per heavy atom. The number of nitrogens with zero attached hydrogens (tertiary/aromatic N) is 1. The van der Waals surface area contributed by atoms with Gasteiger partial charge in [0, 0.05) is 51.2 Å². The van der Waals surface area contributed by atoms with Crippen LogP contribution in [0.25, 0.3) is 0 Å². The van der Waals surface area contributed by atoms with E-state index >= 15 is 0 Å². The first-order valence-corrected chi connectivity index (χ1v) is 22.1. The van der Waals surface area contributed by atoms with E-state index in [1.54, 1.807) is 0 Å². The maximum Gasteiger partial charge on any atom is 0.328 e. The number of unbranched alkanes of at least 4 members (excludes halogenated alkanes) is 28. The average molecular weight is 734 g/mol. The van der Waals surface area contributed by atoms with Crippen molar-refractivity contribution in [2.24, 2.45) is 0 Å². The molecule has 0 heterocycles. The highest BCUT2D eigenvalue weighted by molar-refractivity contribution is 5.94. The Balaban J connectivity index is 3.95. The van der Waals surface area contributed by atoms with Crippen LogP contribution in [0.15, 0.2) is 12.2 Å². The van der Waals surface area contributed by atoms with Crippen LogP contribution in [-0.4, -0.2) is 59.9 Å². The molecule has 0 aromatic rings. The Labute approximate surface area is 320 Å². The third-order valence-corrected chi connectivity index (χ3v) is 10.1. The fraction of sp³-hybridized carbons (Fsp3) is 0.864. The molecule has 304 valence electrons. The summed E-state index contributed by atoms with van der Waals surface area (Å²) in [5, 5.41) is 14.7. The normalized spacial score (nSPS) is 11.3. The minimum absolute atomic E-state index is 0.0278. The van der Waals surface area contributed by atoms with Gasteiger partial charge in [0.25, 0.3) is 0 Å². The predicted molar refractivity (Wildman–Crippen MR) is 218 cm³/mol. The molecule has 3 N–H and O–H groups in total. The lowest BCUT2D eigenvalue weighted by Crippen LogP contribution is -2.42. The van der Waals surface area contributed by atoms with Crippen LogP contribution in [0.1, 0.15) is 219 Å². The van der Waals surface area contributed by atoms with Crippen LogP contribution in [0.3, 0.4) is 0 Å². The number of hydrogen-bond donors (Lipinski definition) is 3. The van der Waals surface area contributed by atoms with E-state index < -0.39 is 11.9 Å². The van der Waals surface area contributed by atoms with E-state index in [9.17, 15) is 19.2 Å². The van der Waals surface area contributed by atoms with E-state index in [4.69, 9.17) is 5.11 Å². The first kappa shape index (κ1) is 49.6. The summed E-state index contributed by atoms with van der Waals surface area (Å²) in [5.74, 6) is -1.70. The van der Waals surface area contributed by atoms with Gasteiger partial charge in [0.2, 0.25) is 17.7 Å². The second-order valence-corrected chi connectivity index (χ2v) is 15.1. The molecule has 52 heavy (non-hydrogen) atoms. The fourth-order valence-electron chi connectivity index (χ4n) is 6.73. The van der Waals surface area contributed by atoms with Gasteiger partial charge in [0.15, 0.2) is 0 Å². The van der Waals surface area contributed by atoms with Crippen molar-refractivity contribution in [1.29, 1.82) is 0 Å². The Morgan fingerprint density at radius 1 is 0.423 bits per heavy atom. The maximum absolute atomic E-state index is 12.6. The zero-order chi connectivity index (χ0) is 38.2. The molecule has 0 spiro atoms. The lowest BCUT2D eigenvalue weighted by atomic mass is 10.0. The van der Waals surface area contributed by atoms with Crippen molar-refractivity contribution in [2.45, 2.75) is 219 Å². The highest BCUT2D eigenvalue weighted by Crippen LogP contribution is 2.15. The summed E-state index contributed by atoms with van der Waals surface area (Å²) in [4.78, 5) is 49.7. The van der Waals surface area contributed by atoms with Gasteiger partial charge >= 0.3 is 5.97 Å². The Kier molecular flexibility index (Phi) is 38.0. The van der Waals surface area contributed by atoms with E-state index in [1.165, 1.54) is 159 Å². The van der Waals surface area contributed by atoms with Crippen molar-refractivity contribution < 1.29 is 24.3 Å². The molecule has 0 aliphatic rings. The van der Waals surface area contributed by atoms with Gasteiger partial charge in [-0.3, -0.25) is 14.4 Å². The molecule has 8 nitrogen and oxygen atoms in total. The average Bonchev–Trinajstić information content (AvgIpc) is 3.13. The maximum atomic E-state index is 12.6. The topological polar surface area (TPSA) is 116 Å². The number of carbonyl (C=O) groups is 4. The van der Waals surface area contributed by atoms with Crippen molar-refractivity contribution in [2.75, 3.05) is 26.2 Å². The third kappa shape index (κ3) is 37.4. The summed E-state index contributed by atoms with van der Waals surface area (Å²) < 4.78 is 0. The van der Waals surface area contributed by atoms with Crippen molar-refractivity contribution in [3.05, 3.63) is 12.2 Å². The molecule has 3 amide bonds. The smallest absolute Gasteiger partial charge is 0.328 e. The Morgan fingerprint density at radius 3 is 0.962 bits per heavy atom. The molecule has 0 radical (unpaired) electrons. The van der Waals surface area contributed by atoms with Gasteiger partial charge in [-0.2, -0.15) is 0 Å². The zero-order valence-corrected chi connectivity index (χ0v) is 34.1. The first-order chi connectivity index (χ1) is 25.4. The largest absolute Gasteiger partial charge is 0.478 e. The van der Waals surface area contributed by atoms with Crippen molar-refractivity contribution >= 4 is 23.7 Å². The zero-order valence-electron chi connectivity index (χ0n) is 34.1. The van der Waals surface area contributed by atoms with Crippen LogP contribution in [0.5, 0.6) is 0 Å². The van der Waals surface area contributed by atoms with Crippen LogP contribution in [0, 0.1) is 0 Å². The Bertz CT molecular complexity index is 826. The molecule has 0 unspecified atom stereocenters. The number of amides is 3. The number of rotatable bonds is 40. The Hall–Kier alpha value is -2.38. The summed E-state index contributed by atoms with van der Waals surface area (Å²) >= 11 is 0. The minimum atomic E-state index is -1.19. The quantitative estimate of drug-likeness (QED) is 0.0428. The second-order valence-electron chi connectivity index (χ2n) is 15.1. The van der Waals surface area contributed by atoms with Crippen molar-refractivity contribution in [3.8, 4) is 0 Å². The van der Waals surface area contributed by atoms with Crippen LogP contribution in [0.2, 0.25) is 0 Å². The number of hydrogen-bond acceptors (Lipinski definition) is 4. The first-order valence-electron chi connectivity index (χ1n) is 22.1. The van der Waals surface area contributed by atoms with Gasteiger partial charge in [-0.1, -0.05) is 194 Å². The summed E-state index contributed by atoms with van der Waals surface area (Å²) in [6.07, 6.45) is 41.3. The van der Waals surface area contributed by atoms with Gasteiger partial charge in [-0.25, -0.2) is 4.79 Å². The van der Waals surface area contributed by atoms with Gasteiger partial charge < -0.3 is 20.6 Å². The van der Waals surface area contributed by atoms with E-state index in [2.05, 4.69) is 24.5 Å². The molecule has 0 saturated carbocycles. The summed E-state index contributed by atoms with van der Waals surface area (Å²) in [6.45, 7) is 5.61. The number of aliphatic carboxylic acids is 1. The third-order valence-electron chi connectivity index (χ3n) is 10.1. The predicted octanol–water partition coefficient (Wildman–Crippen LogP) is 11.2. The molecule has 8 heteroatoms. The summed E-state index contributed by atoms with van der Waals surface area (Å²) in [5.41, 5.74) is 0. The van der Waals surface area contributed by atoms with Gasteiger partial charge in [-0.05, 0) is 12.8 Å². The molecule has 0 bridgehead atoms. The summed E-state index contributed by atoms with van der Waals surface area (Å²) in [7, 11) is 0. The molecule has 0 atom stereocenters. The molecular weight excluding hydrogens is 651 g/mol. The van der Waals surface area contributed by atoms with Crippen LogP contribution in [0.4, 0.5) is 0 Å². The highest BCUT2D eigenvalue weighted by Gasteiger charge is 2.12. The molecule has 0 saturated heterocycles. The molecule has 0 aromatic carbocycles. The van der Waals surface area contributed by atoms with Crippen molar-refractivity contribution in [3.63, 3.8) is 0 Å². The van der Waals surface area contributed by atoms with Gasteiger partial charge in [0.05, 0.1) is 0 Å². The lowest BCUT2D eigenvalue weighted by molar-refractivity contribution is -0.132. The number of carboxylic acid groups (broad SMARTS) is 1. The SMILES string of the molecule is CCCCCCCCCCCCCCCCCC(=O)NCCN(CCNC(=O)CCCCCCCCCCCCCCCCC)C(=O)C=CC(=O)O. The van der Waals surface area contributed by atoms with Crippen LogP contribution < -0.4 is 10.6 Å². The monoisotopic (exact) mass is 734 g/mol. The second kappa shape index (κ2) is 39.8. The van der Waals surface area contributed by atoms with Gasteiger partial charge in [0.1, 0.15) is 0 Å².